The van der Waals surface area contributed by atoms with Crippen LogP contribution >= 0.6 is 11.6 Å². The number of anilines is 2. The largest absolute Gasteiger partial charge is 0.482 e. The Morgan fingerprint density at radius 3 is 2.41 bits per heavy atom. The predicted molar refractivity (Wildman–Crippen MR) is 111 cm³/mol. The number of nitrogens with one attached hydrogen (secondary N) is 1. The van der Waals surface area contributed by atoms with Gasteiger partial charge in [0.05, 0.1) is 5.56 Å². The summed E-state index contributed by atoms with van der Waals surface area (Å²) in [6.45, 7) is -0.426. The summed E-state index contributed by atoms with van der Waals surface area (Å²) in [4.78, 5) is 25.7. The summed E-state index contributed by atoms with van der Waals surface area (Å²) in [7, 11) is 0. The Hall–Kier alpha value is -3.51. The molecule has 6 nitrogen and oxygen atoms in total. The summed E-state index contributed by atoms with van der Waals surface area (Å²) < 4.78 is 5.18. The van der Waals surface area contributed by atoms with Crippen molar-refractivity contribution >= 4 is 34.9 Å². The first kappa shape index (κ1) is 18.8. The molecule has 4 rings (SSSR count). The van der Waals surface area contributed by atoms with Gasteiger partial charge >= 0.3 is 5.97 Å². The molecular weight excluding hydrogens is 392 g/mol. The standard InChI is InChI=1S/C22H17ClN2O4/c23-15-7-5-14(6-8-15)21-24-19-4-2-1-3-18(19)22(28)25(21)16-9-11-17(12-10-16)29-13-20(26)27/h1-12,21,24H,13H2,(H,26,27)/t21-/m0/s1. The van der Waals surface area contributed by atoms with Crippen LogP contribution in [-0.2, 0) is 4.79 Å². The minimum Gasteiger partial charge on any atom is -0.482 e. The Bertz CT molecular complexity index is 1050. The number of para-hydroxylation sites is 1. The quantitative estimate of drug-likeness (QED) is 0.646. The Labute approximate surface area is 172 Å². The fourth-order valence-electron chi connectivity index (χ4n) is 3.25. The first-order valence-corrected chi connectivity index (χ1v) is 9.30. The number of hydrogen-bond acceptors (Lipinski definition) is 4. The number of carbonyl (C=O) groups excluding carboxylic acids is 1. The van der Waals surface area contributed by atoms with Crippen molar-refractivity contribution in [1.29, 1.82) is 0 Å². The van der Waals surface area contributed by atoms with Crippen molar-refractivity contribution < 1.29 is 19.4 Å². The predicted octanol–water partition coefficient (Wildman–Crippen LogP) is 4.57. The summed E-state index contributed by atoms with van der Waals surface area (Å²) in [6, 6.07) is 21.4. The molecule has 0 aromatic heterocycles. The third kappa shape index (κ3) is 3.88. The number of hydrogen-bond donors (Lipinski definition) is 2. The van der Waals surface area contributed by atoms with Crippen LogP contribution in [0.4, 0.5) is 11.4 Å². The molecule has 1 atom stereocenters. The van der Waals surface area contributed by atoms with Crippen LogP contribution in [0, 0.1) is 0 Å². The van der Waals surface area contributed by atoms with Crippen LogP contribution in [0.3, 0.4) is 0 Å². The molecule has 1 aliphatic rings. The molecule has 146 valence electrons. The molecule has 3 aromatic rings. The van der Waals surface area contributed by atoms with Gasteiger partial charge in [-0.25, -0.2) is 4.79 Å². The number of aliphatic carboxylic acids is 1. The summed E-state index contributed by atoms with van der Waals surface area (Å²) in [6.07, 6.45) is -0.430. The second-order valence-corrected chi connectivity index (χ2v) is 6.93. The van der Waals surface area contributed by atoms with Gasteiger partial charge in [-0.2, -0.15) is 0 Å². The van der Waals surface area contributed by atoms with Gasteiger partial charge in [-0.1, -0.05) is 35.9 Å². The minimum atomic E-state index is -1.05. The van der Waals surface area contributed by atoms with E-state index in [9.17, 15) is 9.59 Å². The minimum absolute atomic E-state index is 0.140. The zero-order valence-electron chi connectivity index (χ0n) is 15.2. The van der Waals surface area contributed by atoms with Gasteiger partial charge in [-0.05, 0) is 54.1 Å². The molecule has 0 fully saturated rings. The van der Waals surface area contributed by atoms with Gasteiger partial charge in [0.15, 0.2) is 6.61 Å². The molecule has 2 N–H and O–H groups in total. The van der Waals surface area contributed by atoms with Crippen molar-refractivity contribution in [1.82, 2.24) is 0 Å². The molecule has 29 heavy (non-hydrogen) atoms. The zero-order chi connectivity index (χ0) is 20.4. The molecular formula is C22H17ClN2O4. The van der Waals surface area contributed by atoms with E-state index in [0.29, 0.717) is 22.0 Å². The summed E-state index contributed by atoms with van der Waals surface area (Å²) in [5.41, 5.74) is 2.86. The Morgan fingerprint density at radius 1 is 1.03 bits per heavy atom. The second kappa shape index (κ2) is 7.85. The molecule has 0 unspecified atom stereocenters. The molecule has 1 aliphatic heterocycles. The van der Waals surface area contributed by atoms with Gasteiger partial charge in [0.2, 0.25) is 0 Å². The van der Waals surface area contributed by atoms with Crippen molar-refractivity contribution in [3.05, 3.63) is 88.9 Å². The first-order valence-electron chi connectivity index (χ1n) is 8.92. The van der Waals surface area contributed by atoms with Crippen LogP contribution in [0.15, 0.2) is 72.8 Å². The maximum atomic E-state index is 13.3. The molecule has 0 radical (unpaired) electrons. The number of carbonyl (C=O) groups is 2. The highest BCUT2D eigenvalue weighted by Crippen LogP contribution is 2.37. The van der Waals surface area contributed by atoms with E-state index in [0.717, 1.165) is 11.3 Å². The highest BCUT2D eigenvalue weighted by atomic mass is 35.5. The number of ether oxygens (including phenoxy) is 1. The summed E-state index contributed by atoms with van der Waals surface area (Å²) in [5, 5.41) is 12.8. The van der Waals surface area contributed by atoms with E-state index in [1.165, 1.54) is 0 Å². The fraction of sp³-hybridized carbons (Fsp3) is 0.0909. The molecule has 7 heteroatoms. The molecule has 1 amide bonds. The topological polar surface area (TPSA) is 78.9 Å². The van der Waals surface area contributed by atoms with E-state index < -0.39 is 18.7 Å². The lowest BCUT2D eigenvalue weighted by Gasteiger charge is -2.38. The van der Waals surface area contributed by atoms with E-state index in [4.69, 9.17) is 21.4 Å². The van der Waals surface area contributed by atoms with Crippen LogP contribution in [-0.4, -0.2) is 23.6 Å². The zero-order valence-corrected chi connectivity index (χ0v) is 16.0. The number of fused-ring (bicyclic) bond motifs is 1. The summed E-state index contributed by atoms with van der Waals surface area (Å²) in [5.74, 6) is -0.778. The average Bonchev–Trinajstić information content (AvgIpc) is 2.73. The molecule has 0 saturated carbocycles. The molecule has 0 aliphatic carbocycles. The van der Waals surface area contributed by atoms with E-state index in [-0.39, 0.29) is 5.91 Å². The van der Waals surface area contributed by atoms with Crippen molar-refractivity contribution in [2.75, 3.05) is 16.8 Å². The second-order valence-electron chi connectivity index (χ2n) is 6.50. The summed E-state index contributed by atoms with van der Waals surface area (Å²) >= 11 is 6.03. The van der Waals surface area contributed by atoms with Gasteiger partial charge < -0.3 is 15.2 Å². The maximum absolute atomic E-state index is 13.3. The Morgan fingerprint density at radius 2 is 1.72 bits per heavy atom. The first-order chi connectivity index (χ1) is 14.0. The number of rotatable bonds is 5. The van der Waals surface area contributed by atoms with E-state index in [1.54, 1.807) is 47.4 Å². The van der Waals surface area contributed by atoms with Crippen molar-refractivity contribution in [3.63, 3.8) is 0 Å². The Balaban J connectivity index is 1.72. The van der Waals surface area contributed by atoms with Crippen molar-refractivity contribution in [3.8, 4) is 5.75 Å². The SMILES string of the molecule is O=C(O)COc1ccc(N2C(=O)c3ccccc3N[C@@H]2c2ccc(Cl)cc2)cc1. The number of carboxylic acid groups (broad SMARTS) is 1. The van der Waals surface area contributed by atoms with E-state index in [2.05, 4.69) is 5.32 Å². The highest BCUT2D eigenvalue weighted by molar-refractivity contribution is 6.30. The highest BCUT2D eigenvalue weighted by Gasteiger charge is 2.33. The third-order valence-electron chi connectivity index (χ3n) is 4.59. The van der Waals surface area contributed by atoms with Gasteiger partial charge in [-0.3, -0.25) is 9.69 Å². The lowest BCUT2D eigenvalue weighted by Crippen LogP contribution is -2.43. The molecule has 0 saturated heterocycles. The van der Waals surface area contributed by atoms with Crippen LogP contribution in [0.1, 0.15) is 22.1 Å². The molecule has 0 spiro atoms. The van der Waals surface area contributed by atoms with Crippen LogP contribution in [0.5, 0.6) is 5.75 Å². The van der Waals surface area contributed by atoms with Crippen LogP contribution < -0.4 is 15.0 Å². The lowest BCUT2D eigenvalue weighted by atomic mass is 10.0. The smallest absolute Gasteiger partial charge is 0.341 e. The Kier molecular flexibility index (Phi) is 5.10. The van der Waals surface area contributed by atoms with E-state index in [1.807, 2.05) is 30.3 Å². The third-order valence-corrected chi connectivity index (χ3v) is 4.84. The number of benzene rings is 3. The number of halogens is 1. The number of carboxylic acids is 1. The molecule has 1 heterocycles. The van der Waals surface area contributed by atoms with Gasteiger partial charge in [0.1, 0.15) is 11.9 Å². The number of nitrogens with zero attached hydrogens (tertiary/aromatic N) is 1. The maximum Gasteiger partial charge on any atom is 0.341 e. The van der Waals surface area contributed by atoms with Gasteiger partial charge in [-0.15, -0.1) is 0 Å². The normalized spacial score (nSPS) is 15.4. The molecule has 3 aromatic carbocycles. The average molecular weight is 409 g/mol. The van der Waals surface area contributed by atoms with Gasteiger partial charge in [0, 0.05) is 16.4 Å². The van der Waals surface area contributed by atoms with Crippen LogP contribution in [0.25, 0.3) is 0 Å². The monoisotopic (exact) mass is 408 g/mol. The van der Waals surface area contributed by atoms with Crippen molar-refractivity contribution in [2.45, 2.75) is 6.17 Å². The van der Waals surface area contributed by atoms with Crippen LogP contribution in [0.2, 0.25) is 5.02 Å². The molecule has 0 bridgehead atoms. The van der Waals surface area contributed by atoms with Crippen molar-refractivity contribution in [2.24, 2.45) is 0 Å². The lowest BCUT2D eigenvalue weighted by molar-refractivity contribution is -0.139. The van der Waals surface area contributed by atoms with E-state index >= 15 is 0 Å². The fourth-order valence-corrected chi connectivity index (χ4v) is 3.37. The number of amides is 1. The van der Waals surface area contributed by atoms with Gasteiger partial charge in [0.25, 0.3) is 5.91 Å².